The van der Waals surface area contributed by atoms with Crippen LogP contribution in [-0.2, 0) is 0 Å². The van der Waals surface area contributed by atoms with Crippen LogP contribution in [0.5, 0.6) is 0 Å². The van der Waals surface area contributed by atoms with E-state index < -0.39 is 0 Å². The average molecular weight is 250 g/mol. The highest BCUT2D eigenvalue weighted by Gasteiger charge is 2.29. The molecule has 1 aromatic rings. The van der Waals surface area contributed by atoms with E-state index in [1.807, 2.05) is 11.8 Å². The van der Waals surface area contributed by atoms with Crippen molar-refractivity contribution in [3.63, 3.8) is 0 Å². The number of thioether (sulfide) groups is 1. The maximum Gasteiger partial charge on any atom is 0.0403 e. The number of anilines is 1. The summed E-state index contributed by atoms with van der Waals surface area (Å²) in [4.78, 5) is 1.35. The van der Waals surface area contributed by atoms with Gasteiger partial charge < -0.3 is 10.6 Å². The van der Waals surface area contributed by atoms with E-state index in [-0.39, 0.29) is 5.54 Å². The van der Waals surface area contributed by atoms with Gasteiger partial charge in [0.25, 0.3) is 0 Å². The summed E-state index contributed by atoms with van der Waals surface area (Å²) in [5, 5.41) is 7.13. The summed E-state index contributed by atoms with van der Waals surface area (Å²) in [5.74, 6) is 1.13. The number of benzene rings is 1. The molecular weight excluding hydrogens is 228 g/mol. The fourth-order valence-corrected chi connectivity index (χ4v) is 2.97. The predicted octanol–water partition coefficient (Wildman–Crippen LogP) is 3.35. The van der Waals surface area contributed by atoms with Crippen molar-refractivity contribution in [1.29, 1.82) is 0 Å². The van der Waals surface area contributed by atoms with Crippen LogP contribution in [0.1, 0.15) is 27.2 Å². The Labute approximate surface area is 109 Å². The van der Waals surface area contributed by atoms with Crippen LogP contribution in [0.25, 0.3) is 0 Å². The third-order valence-corrected chi connectivity index (χ3v) is 4.01. The van der Waals surface area contributed by atoms with Gasteiger partial charge in [0.2, 0.25) is 0 Å². The molecule has 0 saturated carbocycles. The maximum atomic E-state index is 3.59. The molecule has 0 spiro atoms. The molecule has 1 aliphatic heterocycles. The lowest BCUT2D eigenvalue weighted by Gasteiger charge is -2.18. The van der Waals surface area contributed by atoms with Crippen LogP contribution in [0.15, 0.2) is 29.2 Å². The predicted molar refractivity (Wildman–Crippen MR) is 76.9 cm³/mol. The van der Waals surface area contributed by atoms with Gasteiger partial charge in [-0.15, -0.1) is 11.8 Å². The Balaban J connectivity index is 1.91. The first-order chi connectivity index (χ1) is 8.09. The van der Waals surface area contributed by atoms with Crippen LogP contribution in [-0.4, -0.2) is 23.9 Å². The van der Waals surface area contributed by atoms with Gasteiger partial charge in [0.15, 0.2) is 0 Å². The van der Waals surface area contributed by atoms with Gasteiger partial charge in [0.05, 0.1) is 0 Å². The lowest BCUT2D eigenvalue weighted by atomic mass is 10.0. The van der Waals surface area contributed by atoms with Crippen LogP contribution < -0.4 is 10.6 Å². The first-order valence-electron chi connectivity index (χ1n) is 6.33. The summed E-state index contributed by atoms with van der Waals surface area (Å²) >= 11 is 1.89. The van der Waals surface area contributed by atoms with E-state index in [2.05, 4.69) is 55.7 Å². The van der Waals surface area contributed by atoms with Gasteiger partial charge in [0, 0.05) is 28.7 Å². The van der Waals surface area contributed by atoms with E-state index >= 15 is 0 Å². The van der Waals surface area contributed by atoms with Gasteiger partial charge >= 0.3 is 0 Å². The van der Waals surface area contributed by atoms with Gasteiger partial charge in [-0.25, -0.2) is 0 Å². The quantitative estimate of drug-likeness (QED) is 0.801. The van der Waals surface area contributed by atoms with Crippen molar-refractivity contribution in [2.45, 2.75) is 43.7 Å². The van der Waals surface area contributed by atoms with Gasteiger partial charge in [-0.2, -0.15) is 0 Å². The highest BCUT2D eigenvalue weighted by atomic mass is 32.2. The zero-order chi connectivity index (χ0) is 12.3. The third kappa shape index (κ3) is 3.65. The number of hydrogen-bond donors (Lipinski definition) is 2. The van der Waals surface area contributed by atoms with Crippen molar-refractivity contribution in [1.82, 2.24) is 5.32 Å². The number of hydrogen-bond acceptors (Lipinski definition) is 3. The van der Waals surface area contributed by atoms with E-state index in [4.69, 9.17) is 0 Å². The first kappa shape index (κ1) is 12.8. The van der Waals surface area contributed by atoms with Crippen molar-refractivity contribution >= 4 is 17.4 Å². The van der Waals surface area contributed by atoms with Gasteiger partial charge in [0.1, 0.15) is 0 Å². The Morgan fingerprint density at radius 2 is 2.06 bits per heavy atom. The minimum atomic E-state index is 0.273. The summed E-state index contributed by atoms with van der Waals surface area (Å²) in [5.41, 5.74) is 1.50. The molecule has 3 heteroatoms. The minimum absolute atomic E-state index is 0.273. The lowest BCUT2D eigenvalue weighted by Crippen LogP contribution is -2.31. The van der Waals surface area contributed by atoms with Crippen molar-refractivity contribution in [3.8, 4) is 0 Å². The molecular formula is C14H22N2S. The Morgan fingerprint density at radius 1 is 1.35 bits per heavy atom. The molecule has 0 aromatic heterocycles. The standard InChI is InChI=1S/C14H22N2S/c1-4-17-13-7-5-11(6-8-13)16-12-9-14(2,3)15-10-12/h5-8,12,15-16H,4,9-10H2,1-3H3. The van der Waals surface area contributed by atoms with Crippen LogP contribution >= 0.6 is 11.8 Å². The summed E-state index contributed by atoms with van der Waals surface area (Å²) in [6, 6.07) is 9.32. The molecule has 1 heterocycles. The molecule has 0 amide bonds. The molecule has 2 rings (SSSR count). The fourth-order valence-electron chi connectivity index (χ4n) is 2.31. The molecule has 1 aromatic carbocycles. The zero-order valence-corrected chi connectivity index (χ0v) is 11.7. The Hall–Kier alpha value is -0.670. The van der Waals surface area contributed by atoms with E-state index in [9.17, 15) is 0 Å². The van der Waals surface area contributed by atoms with Gasteiger partial charge in [-0.05, 0) is 50.3 Å². The molecule has 1 unspecified atom stereocenters. The molecule has 2 nitrogen and oxygen atoms in total. The first-order valence-corrected chi connectivity index (χ1v) is 7.32. The fraction of sp³-hybridized carbons (Fsp3) is 0.571. The highest BCUT2D eigenvalue weighted by molar-refractivity contribution is 7.99. The highest BCUT2D eigenvalue weighted by Crippen LogP contribution is 2.23. The Kier molecular flexibility index (Phi) is 4.00. The second-order valence-electron chi connectivity index (χ2n) is 5.27. The zero-order valence-electron chi connectivity index (χ0n) is 10.9. The second-order valence-corrected chi connectivity index (χ2v) is 6.60. The molecule has 1 fully saturated rings. The van der Waals surface area contributed by atoms with Crippen molar-refractivity contribution in [2.75, 3.05) is 17.6 Å². The average Bonchev–Trinajstić information content (AvgIpc) is 2.61. The molecule has 0 aliphatic carbocycles. The smallest absolute Gasteiger partial charge is 0.0403 e. The second kappa shape index (κ2) is 5.32. The van der Waals surface area contributed by atoms with Crippen molar-refractivity contribution < 1.29 is 0 Å². The summed E-state index contributed by atoms with van der Waals surface area (Å²) in [6.07, 6.45) is 1.18. The molecule has 1 atom stereocenters. The molecule has 2 N–H and O–H groups in total. The van der Waals surface area contributed by atoms with Crippen molar-refractivity contribution in [2.24, 2.45) is 0 Å². The SMILES string of the molecule is CCSc1ccc(NC2CNC(C)(C)C2)cc1. The van der Waals surface area contributed by atoms with E-state index in [1.165, 1.54) is 17.0 Å². The summed E-state index contributed by atoms with van der Waals surface area (Å²) in [6.45, 7) is 7.76. The molecule has 1 aliphatic rings. The van der Waals surface area contributed by atoms with Gasteiger partial charge in [-0.1, -0.05) is 6.92 Å². The van der Waals surface area contributed by atoms with E-state index in [0.29, 0.717) is 6.04 Å². The van der Waals surface area contributed by atoms with Gasteiger partial charge in [-0.3, -0.25) is 0 Å². The number of rotatable bonds is 4. The monoisotopic (exact) mass is 250 g/mol. The normalized spacial score (nSPS) is 22.6. The topological polar surface area (TPSA) is 24.1 Å². The summed E-state index contributed by atoms with van der Waals surface area (Å²) in [7, 11) is 0. The molecule has 0 radical (unpaired) electrons. The van der Waals surface area contributed by atoms with Crippen LogP contribution in [0, 0.1) is 0 Å². The number of nitrogens with one attached hydrogen (secondary N) is 2. The van der Waals surface area contributed by atoms with Crippen LogP contribution in [0.2, 0.25) is 0 Å². The molecule has 94 valence electrons. The van der Waals surface area contributed by atoms with Crippen molar-refractivity contribution in [3.05, 3.63) is 24.3 Å². The summed E-state index contributed by atoms with van der Waals surface area (Å²) < 4.78 is 0. The largest absolute Gasteiger partial charge is 0.381 e. The minimum Gasteiger partial charge on any atom is -0.381 e. The van der Waals surface area contributed by atoms with E-state index in [0.717, 1.165) is 12.3 Å². The lowest BCUT2D eigenvalue weighted by molar-refractivity contribution is 0.457. The molecule has 17 heavy (non-hydrogen) atoms. The van der Waals surface area contributed by atoms with Crippen LogP contribution in [0.3, 0.4) is 0 Å². The Morgan fingerprint density at radius 3 is 2.59 bits per heavy atom. The van der Waals surface area contributed by atoms with Crippen LogP contribution in [0.4, 0.5) is 5.69 Å². The molecule has 0 bridgehead atoms. The maximum absolute atomic E-state index is 3.59. The molecule has 1 saturated heterocycles. The Bertz CT molecular complexity index is 359. The van der Waals surface area contributed by atoms with E-state index in [1.54, 1.807) is 0 Å². The third-order valence-electron chi connectivity index (χ3n) is 3.12.